The molecule has 34 heavy (non-hydrogen) atoms. The van der Waals surface area contributed by atoms with Gasteiger partial charge in [-0.3, -0.25) is 4.79 Å². The number of hydrogen-bond donors (Lipinski definition) is 1. The van der Waals surface area contributed by atoms with Crippen molar-refractivity contribution in [3.8, 4) is 0 Å². The fraction of sp³-hybridized carbons (Fsp3) is 0.167. The van der Waals surface area contributed by atoms with Crippen LogP contribution in [-0.2, 0) is 11.0 Å². The number of nitrogen functional groups attached to an aromatic ring is 1. The van der Waals surface area contributed by atoms with Gasteiger partial charge in [0.15, 0.2) is 5.78 Å². The average Bonchev–Trinajstić information content (AvgIpc) is 2.85. The highest BCUT2D eigenvalue weighted by Gasteiger charge is 2.50. The molecule has 0 aromatic heterocycles. The molecule has 0 aliphatic rings. The van der Waals surface area contributed by atoms with Crippen LogP contribution in [0.5, 0.6) is 0 Å². The fourth-order valence-corrected chi connectivity index (χ4v) is 9.19. The summed E-state index contributed by atoms with van der Waals surface area (Å²) in [6, 6.07) is 35.9. The Hall–Kier alpha value is -3.47. The van der Waals surface area contributed by atoms with Crippen LogP contribution in [0.4, 0.5) is 5.69 Å². The summed E-state index contributed by atoms with van der Waals surface area (Å²) in [7, 11) is -2.72. The molecule has 0 amide bonds. The molecular formula is C30H31NO2Si. The van der Waals surface area contributed by atoms with Gasteiger partial charge in [0.05, 0.1) is 6.61 Å². The lowest BCUT2D eigenvalue weighted by Crippen LogP contribution is -2.66. The SMILES string of the molecule is CC(C)(C)[Si](OCc1ccccc1C(=O)c1ccccc1N)(c1ccccc1)c1ccccc1. The van der Waals surface area contributed by atoms with Crippen molar-refractivity contribution in [1.29, 1.82) is 0 Å². The summed E-state index contributed by atoms with van der Waals surface area (Å²) >= 11 is 0. The number of para-hydroxylation sites is 1. The molecule has 0 aliphatic heterocycles. The molecule has 0 saturated heterocycles. The second-order valence-electron chi connectivity index (χ2n) is 9.53. The quantitative estimate of drug-likeness (QED) is 0.220. The highest BCUT2D eigenvalue weighted by atomic mass is 28.4. The molecule has 0 atom stereocenters. The molecule has 0 aliphatic carbocycles. The number of anilines is 1. The van der Waals surface area contributed by atoms with Gasteiger partial charge in [0, 0.05) is 16.8 Å². The molecule has 0 heterocycles. The Morgan fingerprint density at radius 3 is 1.71 bits per heavy atom. The van der Waals surface area contributed by atoms with Gasteiger partial charge in [-0.25, -0.2) is 0 Å². The predicted molar refractivity (Wildman–Crippen MR) is 143 cm³/mol. The van der Waals surface area contributed by atoms with Crippen LogP contribution < -0.4 is 16.1 Å². The molecule has 0 bridgehead atoms. The van der Waals surface area contributed by atoms with E-state index in [9.17, 15) is 4.79 Å². The average molecular weight is 466 g/mol. The van der Waals surface area contributed by atoms with Crippen molar-refractivity contribution in [2.45, 2.75) is 32.4 Å². The van der Waals surface area contributed by atoms with Crippen LogP contribution in [0.2, 0.25) is 5.04 Å². The second-order valence-corrected chi connectivity index (χ2v) is 13.8. The van der Waals surface area contributed by atoms with Gasteiger partial charge in [-0.1, -0.05) is 118 Å². The minimum Gasteiger partial charge on any atom is -0.403 e. The summed E-state index contributed by atoms with van der Waals surface area (Å²) in [6.07, 6.45) is 0. The summed E-state index contributed by atoms with van der Waals surface area (Å²) in [5, 5.41) is 2.29. The number of carbonyl (C=O) groups is 1. The Bertz CT molecular complexity index is 1220. The summed E-state index contributed by atoms with van der Waals surface area (Å²) in [4.78, 5) is 13.4. The minimum absolute atomic E-state index is 0.0836. The smallest absolute Gasteiger partial charge is 0.261 e. The first-order valence-corrected chi connectivity index (χ1v) is 13.5. The van der Waals surface area contributed by atoms with Gasteiger partial charge in [-0.05, 0) is 33.1 Å². The summed E-state index contributed by atoms with van der Waals surface area (Å²) in [6.45, 7) is 7.09. The third-order valence-corrected chi connectivity index (χ3v) is 11.3. The molecule has 0 fully saturated rings. The maximum Gasteiger partial charge on any atom is 0.261 e. The molecule has 2 N–H and O–H groups in total. The lowest BCUT2D eigenvalue weighted by Gasteiger charge is -2.43. The first-order chi connectivity index (χ1) is 16.3. The minimum atomic E-state index is -2.72. The van der Waals surface area contributed by atoms with Crippen molar-refractivity contribution in [3.05, 3.63) is 126 Å². The van der Waals surface area contributed by atoms with Crippen LogP contribution >= 0.6 is 0 Å². The van der Waals surface area contributed by atoms with Crippen molar-refractivity contribution in [3.63, 3.8) is 0 Å². The summed E-state index contributed by atoms with van der Waals surface area (Å²) < 4.78 is 7.06. The van der Waals surface area contributed by atoms with Crippen LogP contribution in [0.15, 0.2) is 109 Å². The van der Waals surface area contributed by atoms with Gasteiger partial charge < -0.3 is 10.2 Å². The molecule has 0 radical (unpaired) electrons. The molecule has 0 unspecified atom stereocenters. The summed E-state index contributed by atoms with van der Waals surface area (Å²) in [5.74, 6) is -0.0836. The van der Waals surface area contributed by atoms with E-state index in [1.807, 2.05) is 48.5 Å². The molecule has 3 nitrogen and oxygen atoms in total. The number of nitrogens with two attached hydrogens (primary N) is 1. The molecule has 4 heteroatoms. The first kappa shape index (κ1) is 23.7. The normalized spacial score (nSPS) is 11.9. The van der Waals surface area contributed by atoms with E-state index < -0.39 is 8.32 Å². The molecule has 0 saturated carbocycles. The number of benzene rings is 4. The zero-order valence-electron chi connectivity index (χ0n) is 20.0. The zero-order valence-corrected chi connectivity index (χ0v) is 21.0. The van der Waals surface area contributed by atoms with Crippen molar-refractivity contribution in [1.82, 2.24) is 0 Å². The molecule has 4 rings (SSSR count). The van der Waals surface area contributed by atoms with E-state index in [-0.39, 0.29) is 10.8 Å². The third kappa shape index (κ3) is 4.47. The van der Waals surface area contributed by atoms with E-state index in [0.717, 1.165) is 5.56 Å². The van der Waals surface area contributed by atoms with Crippen molar-refractivity contribution in [2.75, 3.05) is 5.73 Å². The Morgan fingerprint density at radius 1 is 0.706 bits per heavy atom. The molecule has 172 valence electrons. The van der Waals surface area contributed by atoms with Gasteiger partial charge in [0.2, 0.25) is 0 Å². The zero-order chi connectivity index (χ0) is 24.2. The Morgan fingerprint density at radius 2 is 1.18 bits per heavy atom. The van der Waals surface area contributed by atoms with Crippen molar-refractivity contribution in [2.24, 2.45) is 0 Å². The standard InChI is InChI=1S/C30H31NO2Si/c1-30(2,3)34(24-15-6-4-7-16-24,25-17-8-5-9-18-25)33-22-23-14-10-11-19-26(23)29(32)27-20-12-13-21-28(27)31/h4-21H,22,31H2,1-3H3. The number of hydrogen-bond acceptors (Lipinski definition) is 3. The van der Waals surface area contributed by atoms with Gasteiger partial charge >= 0.3 is 0 Å². The van der Waals surface area contributed by atoms with Crippen LogP contribution in [0.3, 0.4) is 0 Å². The number of rotatable bonds is 7. The highest BCUT2D eigenvalue weighted by molar-refractivity contribution is 6.99. The van der Waals surface area contributed by atoms with Gasteiger partial charge in [0.1, 0.15) is 0 Å². The van der Waals surface area contributed by atoms with Crippen molar-refractivity contribution < 1.29 is 9.22 Å². The van der Waals surface area contributed by atoms with E-state index in [2.05, 4.69) is 69.3 Å². The van der Waals surface area contributed by atoms with Gasteiger partial charge in [0.25, 0.3) is 8.32 Å². The van der Waals surface area contributed by atoms with E-state index in [1.165, 1.54) is 10.4 Å². The van der Waals surface area contributed by atoms with Crippen LogP contribution in [0, 0.1) is 0 Å². The molecule has 4 aromatic rings. The van der Waals surface area contributed by atoms with E-state index >= 15 is 0 Å². The van der Waals surface area contributed by atoms with E-state index in [1.54, 1.807) is 12.1 Å². The maximum atomic E-state index is 13.4. The van der Waals surface area contributed by atoms with Gasteiger partial charge in [-0.2, -0.15) is 0 Å². The second kappa shape index (κ2) is 9.80. The molecule has 4 aromatic carbocycles. The van der Waals surface area contributed by atoms with E-state index in [0.29, 0.717) is 23.4 Å². The first-order valence-electron chi connectivity index (χ1n) is 11.6. The topological polar surface area (TPSA) is 52.3 Å². The Labute approximate surface area is 203 Å². The lowest BCUT2D eigenvalue weighted by atomic mass is 9.98. The molecule has 0 spiro atoms. The Balaban J connectivity index is 1.79. The largest absolute Gasteiger partial charge is 0.403 e. The van der Waals surface area contributed by atoms with Crippen molar-refractivity contribution >= 4 is 30.2 Å². The predicted octanol–water partition coefficient (Wildman–Crippen LogP) is 5.58. The number of ketones is 1. The Kier molecular flexibility index (Phi) is 6.82. The maximum absolute atomic E-state index is 13.4. The van der Waals surface area contributed by atoms with E-state index in [4.69, 9.17) is 10.2 Å². The van der Waals surface area contributed by atoms with Crippen LogP contribution in [-0.4, -0.2) is 14.1 Å². The highest BCUT2D eigenvalue weighted by Crippen LogP contribution is 2.37. The monoisotopic (exact) mass is 465 g/mol. The number of carbonyl (C=O) groups excluding carboxylic acids is 1. The van der Waals surface area contributed by atoms with Gasteiger partial charge in [-0.15, -0.1) is 0 Å². The van der Waals surface area contributed by atoms with Crippen LogP contribution in [0.25, 0.3) is 0 Å². The fourth-order valence-electron chi connectivity index (χ4n) is 4.66. The third-order valence-electron chi connectivity index (χ3n) is 6.33. The van der Waals surface area contributed by atoms with Crippen LogP contribution in [0.1, 0.15) is 42.3 Å². The molecular weight excluding hydrogens is 434 g/mol. The summed E-state index contributed by atoms with van der Waals surface area (Å²) in [5.41, 5.74) is 8.60. The lowest BCUT2D eigenvalue weighted by molar-refractivity contribution is 0.103.